The van der Waals surface area contributed by atoms with Gasteiger partial charge in [0, 0.05) is 18.2 Å². The molecule has 0 spiro atoms. The maximum absolute atomic E-state index is 11.1. The molecule has 3 N–H and O–H groups in total. The largest absolute Gasteiger partial charge is 0.366 e. The van der Waals surface area contributed by atoms with Crippen molar-refractivity contribution in [1.82, 2.24) is 10.2 Å². The van der Waals surface area contributed by atoms with Gasteiger partial charge in [-0.05, 0) is 68.9 Å². The number of carbonyl (C=O) groups excluding carboxylic acids is 1. The van der Waals surface area contributed by atoms with Gasteiger partial charge in [0.2, 0.25) is 5.91 Å². The zero-order valence-electron chi connectivity index (χ0n) is 13.0. The third-order valence-corrected chi connectivity index (χ3v) is 4.62. The van der Waals surface area contributed by atoms with Crippen molar-refractivity contribution in [3.05, 3.63) is 35.4 Å². The summed E-state index contributed by atoms with van der Waals surface area (Å²) in [5, 5.41) is 3.71. The van der Waals surface area contributed by atoms with Crippen molar-refractivity contribution in [3.63, 3.8) is 0 Å². The molecule has 1 aromatic rings. The van der Waals surface area contributed by atoms with E-state index in [1.165, 1.54) is 37.8 Å². The second-order valence-electron chi connectivity index (χ2n) is 6.46. The highest BCUT2D eigenvalue weighted by Gasteiger charge is 2.24. The van der Waals surface area contributed by atoms with Gasteiger partial charge in [-0.1, -0.05) is 12.1 Å². The van der Waals surface area contributed by atoms with Crippen LogP contribution >= 0.6 is 12.4 Å². The molecule has 1 saturated carbocycles. The molecule has 2 fully saturated rings. The Kier molecular flexibility index (Phi) is 6.24. The predicted molar refractivity (Wildman–Crippen MR) is 91.2 cm³/mol. The minimum Gasteiger partial charge on any atom is -0.366 e. The molecule has 1 aliphatic heterocycles. The van der Waals surface area contributed by atoms with Crippen molar-refractivity contribution in [3.8, 4) is 0 Å². The maximum atomic E-state index is 11.1. The average molecular weight is 324 g/mol. The molecule has 22 heavy (non-hydrogen) atoms. The number of hydrogen-bond acceptors (Lipinski definition) is 3. The van der Waals surface area contributed by atoms with Crippen LogP contribution in [0.15, 0.2) is 24.3 Å². The number of rotatable bonds is 6. The summed E-state index contributed by atoms with van der Waals surface area (Å²) >= 11 is 0. The topological polar surface area (TPSA) is 58.4 Å². The number of hydrogen-bond donors (Lipinski definition) is 2. The lowest BCUT2D eigenvalue weighted by Crippen LogP contribution is -2.42. The van der Waals surface area contributed by atoms with Gasteiger partial charge in [-0.3, -0.25) is 9.69 Å². The maximum Gasteiger partial charge on any atom is 0.248 e. The Hall–Kier alpha value is -1.10. The second-order valence-corrected chi connectivity index (χ2v) is 6.46. The third-order valence-electron chi connectivity index (χ3n) is 4.62. The molecule has 0 unspecified atom stereocenters. The number of nitrogens with two attached hydrogens (primary N) is 1. The summed E-state index contributed by atoms with van der Waals surface area (Å²) < 4.78 is 0. The molecule has 0 bridgehead atoms. The number of likely N-dealkylation sites (tertiary alicyclic amines) is 1. The Morgan fingerprint density at radius 3 is 2.32 bits per heavy atom. The van der Waals surface area contributed by atoms with Crippen molar-refractivity contribution >= 4 is 18.3 Å². The third kappa shape index (κ3) is 4.97. The van der Waals surface area contributed by atoms with Crippen LogP contribution in [0.4, 0.5) is 0 Å². The number of primary amides is 1. The zero-order chi connectivity index (χ0) is 14.7. The first-order chi connectivity index (χ1) is 10.2. The van der Waals surface area contributed by atoms with Crippen molar-refractivity contribution in [2.45, 2.75) is 38.3 Å². The normalized spacial score (nSPS) is 19.6. The minimum atomic E-state index is -0.357. The number of piperidine rings is 1. The lowest BCUT2D eigenvalue weighted by molar-refractivity contribution is 0.1000. The Bertz CT molecular complexity index is 479. The molecule has 1 aliphatic carbocycles. The van der Waals surface area contributed by atoms with E-state index >= 15 is 0 Å². The van der Waals surface area contributed by atoms with Gasteiger partial charge in [-0.2, -0.15) is 0 Å². The van der Waals surface area contributed by atoms with Crippen LogP contribution in [0.25, 0.3) is 0 Å². The predicted octanol–water partition coefficient (Wildman–Crippen LogP) is 2.17. The van der Waals surface area contributed by atoms with Gasteiger partial charge in [-0.15, -0.1) is 12.4 Å². The monoisotopic (exact) mass is 323 g/mol. The summed E-state index contributed by atoms with van der Waals surface area (Å²) in [6, 6.07) is 8.37. The molecule has 122 valence electrons. The van der Waals surface area contributed by atoms with Crippen LogP contribution in [0.5, 0.6) is 0 Å². The molecule has 3 rings (SSSR count). The first-order valence-corrected chi connectivity index (χ1v) is 8.05. The average Bonchev–Trinajstić information content (AvgIpc) is 3.31. The van der Waals surface area contributed by atoms with E-state index in [4.69, 9.17) is 5.73 Å². The smallest absolute Gasteiger partial charge is 0.248 e. The van der Waals surface area contributed by atoms with E-state index in [1.54, 1.807) is 0 Å². The summed E-state index contributed by atoms with van der Waals surface area (Å²) in [6.45, 7) is 4.49. The van der Waals surface area contributed by atoms with Crippen LogP contribution in [0.3, 0.4) is 0 Å². The van der Waals surface area contributed by atoms with Crippen LogP contribution in [0, 0.1) is 5.92 Å². The highest BCUT2D eigenvalue weighted by molar-refractivity contribution is 5.92. The Morgan fingerprint density at radius 1 is 1.14 bits per heavy atom. The second kappa shape index (κ2) is 7.95. The molecule has 1 heterocycles. The first kappa shape index (κ1) is 17.3. The number of halogens is 1. The minimum absolute atomic E-state index is 0. The van der Waals surface area contributed by atoms with Crippen LogP contribution < -0.4 is 11.1 Å². The molecule has 0 aromatic heterocycles. The van der Waals surface area contributed by atoms with Gasteiger partial charge >= 0.3 is 0 Å². The summed E-state index contributed by atoms with van der Waals surface area (Å²) in [5.74, 6) is 0.607. The van der Waals surface area contributed by atoms with E-state index in [0.717, 1.165) is 25.6 Å². The molecular weight excluding hydrogens is 298 g/mol. The van der Waals surface area contributed by atoms with Gasteiger partial charge in [0.25, 0.3) is 0 Å². The molecule has 1 aromatic carbocycles. The first-order valence-electron chi connectivity index (χ1n) is 8.05. The van der Waals surface area contributed by atoms with Gasteiger partial charge in [0.15, 0.2) is 0 Å². The van der Waals surface area contributed by atoms with Gasteiger partial charge in [0.05, 0.1) is 0 Å². The number of nitrogens with one attached hydrogen (secondary N) is 1. The fourth-order valence-corrected chi connectivity index (χ4v) is 2.98. The van der Waals surface area contributed by atoms with E-state index in [2.05, 4.69) is 10.2 Å². The fourth-order valence-electron chi connectivity index (χ4n) is 2.98. The molecule has 5 heteroatoms. The van der Waals surface area contributed by atoms with E-state index in [0.29, 0.717) is 11.6 Å². The van der Waals surface area contributed by atoms with Crippen molar-refractivity contribution < 1.29 is 4.79 Å². The van der Waals surface area contributed by atoms with Crippen LogP contribution in [-0.2, 0) is 6.54 Å². The molecule has 4 nitrogen and oxygen atoms in total. The summed E-state index contributed by atoms with van der Waals surface area (Å²) in [5.41, 5.74) is 7.10. The SMILES string of the molecule is Cl.NC(=O)c1ccc(CN2CCC(NCC3CC3)CC2)cc1. The van der Waals surface area contributed by atoms with Crippen molar-refractivity contribution in [1.29, 1.82) is 0 Å². The van der Waals surface area contributed by atoms with Crippen LogP contribution in [0.2, 0.25) is 0 Å². The molecule has 2 aliphatic rings. The Balaban J connectivity index is 0.00000176. The van der Waals surface area contributed by atoms with Gasteiger partial charge in [-0.25, -0.2) is 0 Å². The van der Waals surface area contributed by atoms with E-state index in [-0.39, 0.29) is 18.3 Å². The van der Waals surface area contributed by atoms with Gasteiger partial charge < -0.3 is 11.1 Å². The van der Waals surface area contributed by atoms with Crippen molar-refractivity contribution in [2.24, 2.45) is 11.7 Å². The Labute approximate surface area is 138 Å². The van der Waals surface area contributed by atoms with Crippen LogP contribution in [0.1, 0.15) is 41.6 Å². The van der Waals surface area contributed by atoms with E-state index < -0.39 is 0 Å². The molecule has 0 radical (unpaired) electrons. The summed E-state index contributed by atoms with van der Waals surface area (Å²) in [4.78, 5) is 13.6. The lowest BCUT2D eigenvalue weighted by Gasteiger charge is -2.32. The van der Waals surface area contributed by atoms with E-state index in [9.17, 15) is 4.79 Å². The number of nitrogens with zero attached hydrogens (tertiary/aromatic N) is 1. The molecule has 1 saturated heterocycles. The van der Waals surface area contributed by atoms with Gasteiger partial charge in [0.1, 0.15) is 0 Å². The molecular formula is C17H26ClN3O. The fraction of sp³-hybridized carbons (Fsp3) is 0.588. The highest BCUT2D eigenvalue weighted by Crippen LogP contribution is 2.28. The van der Waals surface area contributed by atoms with E-state index in [1.807, 2.05) is 24.3 Å². The molecule has 0 atom stereocenters. The zero-order valence-corrected chi connectivity index (χ0v) is 13.8. The quantitative estimate of drug-likeness (QED) is 0.843. The number of amides is 1. The summed E-state index contributed by atoms with van der Waals surface area (Å²) in [6.07, 6.45) is 5.33. The van der Waals surface area contributed by atoms with Crippen molar-refractivity contribution in [2.75, 3.05) is 19.6 Å². The Morgan fingerprint density at radius 2 is 1.77 bits per heavy atom. The lowest BCUT2D eigenvalue weighted by atomic mass is 10.0. The molecule has 1 amide bonds. The van der Waals surface area contributed by atoms with Crippen LogP contribution in [-0.4, -0.2) is 36.5 Å². The standard InChI is InChI=1S/C17H25N3O.ClH/c18-17(21)15-5-3-14(4-6-15)12-20-9-7-16(8-10-20)19-11-13-1-2-13;/h3-6,13,16,19H,1-2,7-12H2,(H2,18,21);1H. The highest BCUT2D eigenvalue weighted by atomic mass is 35.5. The summed E-state index contributed by atoms with van der Waals surface area (Å²) in [7, 11) is 0. The number of benzene rings is 1. The number of carbonyl (C=O) groups is 1.